The smallest absolute Gasteiger partial charge is 0.349 e. The molecule has 1 heterocycles. The van der Waals surface area contributed by atoms with E-state index in [-0.39, 0.29) is 23.0 Å². The largest absolute Gasteiger partial charge is 0.478 e. The zero-order valence-corrected chi connectivity index (χ0v) is 20.5. The number of carboxylic acid groups (broad SMARTS) is 2. The van der Waals surface area contributed by atoms with Gasteiger partial charge in [0.1, 0.15) is 0 Å². The number of esters is 2. The van der Waals surface area contributed by atoms with Gasteiger partial charge in [-0.05, 0) is 43.7 Å². The second kappa shape index (κ2) is 14.3. The summed E-state index contributed by atoms with van der Waals surface area (Å²) in [6.07, 6.45) is -2.26. The number of amides is 1. The Morgan fingerprint density at radius 1 is 0.811 bits per heavy atom. The third kappa shape index (κ3) is 9.04. The van der Waals surface area contributed by atoms with Gasteiger partial charge in [0.2, 0.25) is 18.1 Å². The van der Waals surface area contributed by atoms with Crippen molar-refractivity contribution in [1.29, 1.82) is 0 Å². The summed E-state index contributed by atoms with van der Waals surface area (Å²) in [5.41, 5.74) is 0.0505. The number of hydrogen-bond donors (Lipinski definition) is 3. The number of rotatable bonds is 8. The first-order valence-corrected chi connectivity index (χ1v) is 11.5. The minimum absolute atomic E-state index is 0.0253. The first-order valence-electron chi connectivity index (χ1n) is 11.5. The molecule has 3 rings (SSSR count). The third-order valence-corrected chi connectivity index (χ3v) is 5.34. The fourth-order valence-electron chi connectivity index (χ4n) is 3.43. The van der Waals surface area contributed by atoms with Crippen LogP contribution in [0, 0.1) is 5.92 Å². The van der Waals surface area contributed by atoms with Crippen LogP contribution in [0.15, 0.2) is 60.7 Å². The number of carbonyl (C=O) groups is 5. The number of carboxylic acids is 2. The lowest BCUT2D eigenvalue weighted by atomic mass is 9.98. The standard InChI is InChI=1S/C18H14O8.C8H16N2O/c19-15(20)13(25-17(23)11-7-3-1-4-8-11)14(16(21)22)26-18(24)12-9-5-2-6-10-12;1-10(2)8(11)7-4-3-5-9-6-7/h1-10,13-14H,(H,19,20)(H,21,22);7,9H,3-6H2,1-2H3/t13-,14-;7-/m10/s1. The highest BCUT2D eigenvalue weighted by atomic mass is 16.6. The van der Waals surface area contributed by atoms with Crippen molar-refractivity contribution in [2.45, 2.75) is 25.0 Å². The molecule has 11 nitrogen and oxygen atoms in total. The van der Waals surface area contributed by atoms with E-state index in [4.69, 9.17) is 9.47 Å². The third-order valence-electron chi connectivity index (χ3n) is 5.34. The minimum atomic E-state index is -2.21. The van der Waals surface area contributed by atoms with Crippen molar-refractivity contribution in [1.82, 2.24) is 10.2 Å². The molecule has 0 radical (unpaired) electrons. The lowest BCUT2D eigenvalue weighted by Gasteiger charge is -2.24. The van der Waals surface area contributed by atoms with Crippen LogP contribution in [0.4, 0.5) is 0 Å². The van der Waals surface area contributed by atoms with E-state index in [1.54, 1.807) is 17.0 Å². The van der Waals surface area contributed by atoms with Crippen LogP contribution in [-0.4, -0.2) is 84.3 Å². The summed E-state index contributed by atoms with van der Waals surface area (Å²) >= 11 is 0. The zero-order chi connectivity index (χ0) is 27.4. The van der Waals surface area contributed by atoms with E-state index >= 15 is 0 Å². The van der Waals surface area contributed by atoms with Crippen LogP contribution >= 0.6 is 0 Å². The summed E-state index contributed by atoms with van der Waals surface area (Å²) in [4.78, 5) is 59.9. The Labute approximate surface area is 214 Å². The maximum atomic E-state index is 12.0. The van der Waals surface area contributed by atoms with Crippen molar-refractivity contribution in [3.8, 4) is 0 Å². The molecule has 3 atom stereocenters. The molecule has 0 spiro atoms. The molecule has 11 heteroatoms. The van der Waals surface area contributed by atoms with Crippen LogP contribution < -0.4 is 5.32 Å². The number of carbonyl (C=O) groups excluding carboxylic acids is 3. The van der Waals surface area contributed by atoms with E-state index in [2.05, 4.69) is 5.32 Å². The van der Waals surface area contributed by atoms with Crippen LogP contribution in [0.3, 0.4) is 0 Å². The van der Waals surface area contributed by atoms with Gasteiger partial charge in [-0.3, -0.25) is 4.79 Å². The van der Waals surface area contributed by atoms with Crippen LogP contribution in [-0.2, 0) is 23.9 Å². The van der Waals surface area contributed by atoms with Gasteiger partial charge in [0.05, 0.1) is 17.0 Å². The summed E-state index contributed by atoms with van der Waals surface area (Å²) in [7, 11) is 3.63. The molecule has 2 aromatic rings. The molecule has 198 valence electrons. The molecule has 0 aliphatic carbocycles. The molecule has 37 heavy (non-hydrogen) atoms. The van der Waals surface area contributed by atoms with Gasteiger partial charge in [-0.15, -0.1) is 0 Å². The van der Waals surface area contributed by atoms with E-state index in [1.165, 1.54) is 48.5 Å². The highest BCUT2D eigenvalue weighted by molar-refractivity contribution is 5.95. The van der Waals surface area contributed by atoms with Gasteiger partial charge in [-0.25, -0.2) is 19.2 Å². The molecule has 1 amide bonds. The lowest BCUT2D eigenvalue weighted by Crippen LogP contribution is -2.45. The van der Waals surface area contributed by atoms with Gasteiger partial charge in [-0.1, -0.05) is 36.4 Å². The Hall–Kier alpha value is -4.25. The van der Waals surface area contributed by atoms with Crippen LogP contribution in [0.25, 0.3) is 0 Å². The molecular weight excluding hydrogens is 484 g/mol. The number of nitrogens with one attached hydrogen (secondary N) is 1. The van der Waals surface area contributed by atoms with E-state index < -0.39 is 36.1 Å². The SMILES string of the molecule is CN(C)C(=O)[C@H]1CCCNC1.O=C(O[C@@H](C(=O)O)[C@@H](OC(=O)c1ccccc1)C(=O)O)c1ccccc1. The van der Waals surface area contributed by atoms with Gasteiger partial charge < -0.3 is 29.9 Å². The van der Waals surface area contributed by atoms with Crippen LogP contribution in [0.2, 0.25) is 0 Å². The average molecular weight is 515 g/mol. The predicted molar refractivity (Wildman–Crippen MR) is 131 cm³/mol. The fraction of sp³-hybridized carbons (Fsp3) is 0.346. The van der Waals surface area contributed by atoms with Gasteiger partial charge in [0, 0.05) is 20.6 Å². The van der Waals surface area contributed by atoms with Crippen molar-refractivity contribution >= 4 is 29.8 Å². The van der Waals surface area contributed by atoms with E-state index in [0.717, 1.165) is 25.9 Å². The van der Waals surface area contributed by atoms with Crippen molar-refractivity contribution in [3.05, 3.63) is 71.8 Å². The molecular formula is C26H30N2O9. The Kier molecular flexibility index (Phi) is 11.2. The summed E-state index contributed by atoms with van der Waals surface area (Å²) in [6.45, 7) is 1.92. The highest BCUT2D eigenvalue weighted by Crippen LogP contribution is 2.14. The number of nitrogens with zero attached hydrogens (tertiary/aromatic N) is 1. The van der Waals surface area contributed by atoms with E-state index in [9.17, 15) is 34.2 Å². The van der Waals surface area contributed by atoms with Crippen LogP contribution in [0.5, 0.6) is 0 Å². The van der Waals surface area contributed by atoms with E-state index in [0.29, 0.717) is 0 Å². The molecule has 3 N–H and O–H groups in total. The second-order valence-electron chi connectivity index (χ2n) is 8.34. The molecule has 1 aliphatic rings. The molecule has 1 saturated heterocycles. The quantitative estimate of drug-likeness (QED) is 0.442. The summed E-state index contributed by atoms with van der Waals surface area (Å²) in [6, 6.07) is 14.8. The monoisotopic (exact) mass is 514 g/mol. The number of ether oxygens (including phenoxy) is 2. The van der Waals surface area contributed by atoms with Gasteiger partial charge in [-0.2, -0.15) is 0 Å². The lowest BCUT2D eigenvalue weighted by molar-refractivity contribution is -0.166. The maximum Gasteiger partial charge on any atom is 0.349 e. The normalized spacial score (nSPS) is 16.1. The minimum Gasteiger partial charge on any atom is -0.478 e. The van der Waals surface area contributed by atoms with Crippen molar-refractivity contribution < 1.29 is 43.7 Å². The number of aliphatic carboxylic acids is 2. The first kappa shape index (κ1) is 29.0. The zero-order valence-electron chi connectivity index (χ0n) is 20.5. The first-order chi connectivity index (χ1) is 17.6. The summed E-state index contributed by atoms with van der Waals surface area (Å²) in [5, 5.41) is 21.7. The Morgan fingerprint density at radius 3 is 1.57 bits per heavy atom. The molecule has 1 aliphatic heterocycles. The van der Waals surface area contributed by atoms with Crippen molar-refractivity contribution in [2.24, 2.45) is 5.92 Å². The van der Waals surface area contributed by atoms with Gasteiger partial charge >= 0.3 is 23.9 Å². The Morgan fingerprint density at radius 2 is 1.24 bits per heavy atom. The van der Waals surface area contributed by atoms with Crippen molar-refractivity contribution in [2.75, 3.05) is 27.2 Å². The van der Waals surface area contributed by atoms with Crippen LogP contribution in [0.1, 0.15) is 33.6 Å². The topological polar surface area (TPSA) is 160 Å². The molecule has 0 unspecified atom stereocenters. The molecule has 0 saturated carbocycles. The summed E-state index contributed by atoms with van der Waals surface area (Å²) < 4.78 is 9.52. The Balaban J connectivity index is 0.000000364. The number of hydrogen-bond acceptors (Lipinski definition) is 8. The fourth-order valence-corrected chi connectivity index (χ4v) is 3.43. The molecule has 0 aromatic heterocycles. The number of piperidine rings is 1. The Bertz CT molecular complexity index is 998. The van der Waals surface area contributed by atoms with Crippen molar-refractivity contribution in [3.63, 3.8) is 0 Å². The van der Waals surface area contributed by atoms with Gasteiger partial charge in [0.25, 0.3) is 0 Å². The number of benzene rings is 2. The van der Waals surface area contributed by atoms with E-state index in [1.807, 2.05) is 14.1 Å². The highest BCUT2D eigenvalue weighted by Gasteiger charge is 2.41. The van der Waals surface area contributed by atoms with Gasteiger partial charge in [0.15, 0.2) is 0 Å². The molecule has 0 bridgehead atoms. The average Bonchev–Trinajstić information content (AvgIpc) is 2.91. The summed E-state index contributed by atoms with van der Waals surface area (Å²) in [5.74, 6) is -5.15. The molecule has 1 fully saturated rings. The predicted octanol–water partition coefficient (Wildman–Crippen LogP) is 1.68. The molecule has 2 aromatic carbocycles. The second-order valence-corrected chi connectivity index (χ2v) is 8.34. The maximum absolute atomic E-state index is 12.0.